The highest BCUT2D eigenvalue weighted by molar-refractivity contribution is 8.00. The molecule has 1 N–H and O–H groups in total. The van der Waals surface area contributed by atoms with E-state index in [9.17, 15) is 14.4 Å². The highest BCUT2D eigenvalue weighted by Crippen LogP contribution is 2.45. The molecule has 1 aliphatic heterocycles. The zero-order valence-corrected chi connectivity index (χ0v) is 21.4. The van der Waals surface area contributed by atoms with E-state index in [0.717, 1.165) is 9.63 Å². The van der Waals surface area contributed by atoms with Crippen molar-refractivity contribution in [2.45, 2.75) is 50.1 Å². The van der Waals surface area contributed by atoms with E-state index in [1.807, 2.05) is 13.8 Å². The molecule has 0 spiro atoms. The SMILES string of the molecule is Cc1nc(Cl)c(Cl)n1CC1Sc2c(c(=O)n(C)c(=O)n2CC(C)C)C1C(=O)N(C)OCCO. The van der Waals surface area contributed by atoms with Crippen LogP contribution >= 0.6 is 35.0 Å². The molecular formula is C20H27Cl2N5O5S. The second kappa shape index (κ2) is 10.2. The van der Waals surface area contributed by atoms with E-state index in [1.165, 1.54) is 25.9 Å². The van der Waals surface area contributed by atoms with Crippen molar-refractivity contribution in [3.63, 3.8) is 0 Å². The molecule has 33 heavy (non-hydrogen) atoms. The number of fused-ring (bicyclic) bond motifs is 1. The van der Waals surface area contributed by atoms with Crippen LogP contribution in [0, 0.1) is 12.8 Å². The normalized spacial score (nSPS) is 17.6. The van der Waals surface area contributed by atoms with Crippen LogP contribution in [0.2, 0.25) is 10.3 Å². The average Bonchev–Trinajstić information content (AvgIpc) is 3.25. The van der Waals surface area contributed by atoms with E-state index >= 15 is 0 Å². The molecule has 13 heteroatoms. The lowest BCUT2D eigenvalue weighted by atomic mass is 9.96. The number of imidazole rings is 1. The van der Waals surface area contributed by atoms with Crippen LogP contribution in [-0.4, -0.2) is 60.3 Å². The molecule has 0 radical (unpaired) electrons. The van der Waals surface area contributed by atoms with Gasteiger partial charge in [0, 0.05) is 32.4 Å². The van der Waals surface area contributed by atoms with Crippen molar-refractivity contribution in [3.8, 4) is 0 Å². The number of thioether (sulfide) groups is 1. The lowest BCUT2D eigenvalue weighted by molar-refractivity contribution is -0.182. The third kappa shape index (κ3) is 4.88. The second-order valence-electron chi connectivity index (χ2n) is 8.25. The van der Waals surface area contributed by atoms with Crippen LogP contribution in [0.1, 0.15) is 31.2 Å². The zero-order valence-electron chi connectivity index (χ0n) is 19.0. The number of aryl methyl sites for hydroxylation is 1. The van der Waals surface area contributed by atoms with Gasteiger partial charge in [0.2, 0.25) is 0 Å². The van der Waals surface area contributed by atoms with Gasteiger partial charge in [0.25, 0.3) is 11.5 Å². The Balaban J connectivity index is 2.16. The van der Waals surface area contributed by atoms with Gasteiger partial charge in [0.05, 0.1) is 29.7 Å². The molecule has 3 rings (SSSR count). The van der Waals surface area contributed by atoms with Crippen molar-refractivity contribution in [2.75, 3.05) is 20.3 Å². The van der Waals surface area contributed by atoms with E-state index in [-0.39, 0.29) is 41.5 Å². The smallest absolute Gasteiger partial charge is 0.331 e. The van der Waals surface area contributed by atoms with Gasteiger partial charge in [-0.1, -0.05) is 37.0 Å². The summed E-state index contributed by atoms with van der Waals surface area (Å²) in [5.74, 6) is -0.683. The maximum Gasteiger partial charge on any atom is 0.331 e. The molecule has 2 aromatic rings. The van der Waals surface area contributed by atoms with Crippen LogP contribution in [0.4, 0.5) is 0 Å². The number of likely N-dealkylation sites (N-methyl/N-ethyl adjacent to an activating group) is 1. The molecule has 2 aromatic heterocycles. The van der Waals surface area contributed by atoms with Crippen molar-refractivity contribution in [1.29, 1.82) is 0 Å². The Bertz CT molecular complexity index is 1180. The molecule has 0 saturated heterocycles. The molecule has 3 heterocycles. The summed E-state index contributed by atoms with van der Waals surface area (Å²) in [6.45, 7) is 5.96. The lowest BCUT2D eigenvalue weighted by Crippen LogP contribution is -2.44. The van der Waals surface area contributed by atoms with Gasteiger partial charge in [-0.15, -0.1) is 11.8 Å². The Labute approximate surface area is 205 Å². The first kappa shape index (κ1) is 25.8. The summed E-state index contributed by atoms with van der Waals surface area (Å²) in [7, 11) is 2.84. The van der Waals surface area contributed by atoms with Gasteiger partial charge < -0.3 is 9.67 Å². The fourth-order valence-electron chi connectivity index (χ4n) is 3.85. The Morgan fingerprint density at radius 3 is 2.52 bits per heavy atom. The molecule has 0 bridgehead atoms. The number of carbonyl (C=O) groups is 1. The van der Waals surface area contributed by atoms with Crippen molar-refractivity contribution in [3.05, 3.63) is 42.5 Å². The van der Waals surface area contributed by atoms with E-state index < -0.39 is 28.3 Å². The maximum absolute atomic E-state index is 13.5. The average molecular weight is 520 g/mol. The maximum atomic E-state index is 13.5. The quantitative estimate of drug-likeness (QED) is 0.416. The second-order valence-corrected chi connectivity index (χ2v) is 10.2. The Kier molecular flexibility index (Phi) is 8.00. The first-order valence-electron chi connectivity index (χ1n) is 10.4. The van der Waals surface area contributed by atoms with Crippen LogP contribution in [0.25, 0.3) is 0 Å². The zero-order chi connectivity index (χ0) is 24.6. The highest BCUT2D eigenvalue weighted by Gasteiger charge is 2.45. The molecule has 0 aromatic carbocycles. The Morgan fingerprint density at radius 1 is 1.30 bits per heavy atom. The summed E-state index contributed by atoms with van der Waals surface area (Å²) in [6.07, 6.45) is 0. The fourth-order valence-corrected chi connectivity index (χ4v) is 5.82. The van der Waals surface area contributed by atoms with Gasteiger partial charge in [0.1, 0.15) is 11.0 Å². The number of hydrogen-bond acceptors (Lipinski definition) is 7. The standard InChI is InChI=1S/C20H27Cl2N5O5S/c1-10(2)8-27-19-14(17(29)24(4)20(27)31)13(18(30)25(5)32-7-6-28)12(33-19)9-26-11(3)23-15(21)16(26)22/h10,12-13,28H,6-9H2,1-5H3. The number of halogens is 2. The fraction of sp³-hybridized carbons (Fsp3) is 0.600. The number of nitrogens with zero attached hydrogens (tertiary/aromatic N) is 5. The Morgan fingerprint density at radius 2 is 1.97 bits per heavy atom. The lowest BCUT2D eigenvalue weighted by Gasteiger charge is -2.24. The summed E-state index contributed by atoms with van der Waals surface area (Å²) in [4.78, 5) is 49.1. The van der Waals surface area contributed by atoms with Crippen LogP contribution in [0.5, 0.6) is 0 Å². The minimum atomic E-state index is -0.914. The molecule has 0 aliphatic carbocycles. The summed E-state index contributed by atoms with van der Waals surface area (Å²) < 4.78 is 4.26. The summed E-state index contributed by atoms with van der Waals surface area (Å²) >= 11 is 13.7. The number of rotatable bonds is 8. The van der Waals surface area contributed by atoms with Crippen LogP contribution in [0.15, 0.2) is 14.6 Å². The van der Waals surface area contributed by atoms with Crippen molar-refractivity contribution in [1.82, 2.24) is 23.7 Å². The summed E-state index contributed by atoms with van der Waals surface area (Å²) in [5.41, 5.74) is -0.709. The monoisotopic (exact) mass is 519 g/mol. The van der Waals surface area contributed by atoms with Gasteiger partial charge in [-0.2, -0.15) is 0 Å². The van der Waals surface area contributed by atoms with E-state index in [4.69, 9.17) is 33.1 Å². The first-order valence-corrected chi connectivity index (χ1v) is 12.0. The van der Waals surface area contributed by atoms with Crippen LogP contribution in [0.3, 0.4) is 0 Å². The number of hydroxylamine groups is 2. The van der Waals surface area contributed by atoms with Gasteiger partial charge in [-0.3, -0.25) is 23.6 Å². The molecule has 1 aliphatic rings. The van der Waals surface area contributed by atoms with Crippen LogP contribution < -0.4 is 11.2 Å². The van der Waals surface area contributed by atoms with E-state index in [2.05, 4.69) is 4.98 Å². The largest absolute Gasteiger partial charge is 0.394 e. The minimum absolute atomic E-state index is 0.0768. The number of aromatic nitrogens is 4. The van der Waals surface area contributed by atoms with Gasteiger partial charge in [0.15, 0.2) is 5.15 Å². The van der Waals surface area contributed by atoms with Gasteiger partial charge >= 0.3 is 5.69 Å². The van der Waals surface area contributed by atoms with Crippen molar-refractivity contribution >= 4 is 40.9 Å². The molecule has 182 valence electrons. The molecule has 2 atom stereocenters. The molecular weight excluding hydrogens is 493 g/mol. The van der Waals surface area contributed by atoms with E-state index in [1.54, 1.807) is 16.1 Å². The molecule has 0 saturated carbocycles. The highest BCUT2D eigenvalue weighted by atomic mass is 35.5. The third-order valence-corrected chi connectivity index (χ3v) is 7.53. The number of amides is 1. The van der Waals surface area contributed by atoms with Gasteiger partial charge in [-0.05, 0) is 12.8 Å². The molecule has 10 nitrogen and oxygen atoms in total. The molecule has 0 fully saturated rings. The summed E-state index contributed by atoms with van der Waals surface area (Å²) in [6, 6.07) is 0. The number of hydrogen-bond donors (Lipinski definition) is 1. The predicted octanol–water partition coefficient (Wildman–Crippen LogP) is 1.66. The number of aliphatic hydroxyl groups excluding tert-OH is 1. The van der Waals surface area contributed by atoms with E-state index in [0.29, 0.717) is 17.4 Å². The van der Waals surface area contributed by atoms with Gasteiger partial charge in [-0.25, -0.2) is 14.8 Å². The Hall–Kier alpha value is -1.79. The number of aliphatic hydroxyl groups is 1. The van der Waals surface area contributed by atoms with Crippen molar-refractivity contribution in [2.24, 2.45) is 13.0 Å². The first-order chi connectivity index (χ1) is 15.5. The summed E-state index contributed by atoms with van der Waals surface area (Å²) in [5, 5.41) is 10.5. The molecule has 2 unspecified atom stereocenters. The topological polar surface area (TPSA) is 112 Å². The molecule has 1 amide bonds. The predicted molar refractivity (Wildman–Crippen MR) is 126 cm³/mol. The van der Waals surface area contributed by atoms with Crippen molar-refractivity contribution < 1.29 is 14.7 Å². The third-order valence-electron chi connectivity index (χ3n) is 5.39. The van der Waals surface area contributed by atoms with Crippen LogP contribution in [-0.2, 0) is 29.8 Å². The minimum Gasteiger partial charge on any atom is -0.394 e. The number of carbonyl (C=O) groups excluding carboxylic acids is 1.